The minimum Gasteiger partial charge on any atom is -0.490 e. The third-order valence-electron chi connectivity index (χ3n) is 8.86. The Kier molecular flexibility index (Phi) is 10.6. The van der Waals surface area contributed by atoms with Crippen LogP contribution in [-0.4, -0.2) is 62.7 Å². The van der Waals surface area contributed by atoms with Crippen molar-refractivity contribution in [1.29, 1.82) is 0 Å². The van der Waals surface area contributed by atoms with Gasteiger partial charge in [0.25, 0.3) is 0 Å². The molecule has 1 aliphatic rings. The Morgan fingerprint density at radius 1 is 1.06 bits per heavy atom. The predicted molar refractivity (Wildman–Crippen MR) is 195 cm³/mol. The van der Waals surface area contributed by atoms with Crippen LogP contribution in [-0.2, 0) is 14.3 Å². The summed E-state index contributed by atoms with van der Waals surface area (Å²) in [6, 6.07) is 16.4. The molecule has 49 heavy (non-hydrogen) atoms. The number of piperidine rings is 1. The van der Waals surface area contributed by atoms with E-state index in [2.05, 4.69) is 56.2 Å². The first-order valence-corrected chi connectivity index (χ1v) is 17.0. The highest BCUT2D eigenvalue weighted by atomic mass is 16.5. The van der Waals surface area contributed by atoms with Gasteiger partial charge in [-0.1, -0.05) is 42.0 Å². The lowest BCUT2D eigenvalue weighted by Gasteiger charge is -2.41. The number of anilines is 1. The SMILES string of the molecule is C=CCOC1(C)CCN(c2c(C(OC(C)(C)C)C(=O)O)c(C)nc3cc(-c4cccc(-c5cc(C)ccc5OC(C)CC=C)c4)nn23)CC1. The van der Waals surface area contributed by atoms with Crippen LogP contribution in [0.2, 0.25) is 0 Å². The number of benzene rings is 2. The van der Waals surface area contributed by atoms with Crippen LogP contribution in [0.4, 0.5) is 5.82 Å². The topological polar surface area (TPSA) is 98.4 Å². The van der Waals surface area contributed by atoms with Crippen LogP contribution >= 0.6 is 0 Å². The number of aliphatic carboxylic acids is 1. The van der Waals surface area contributed by atoms with Crippen molar-refractivity contribution in [2.45, 2.75) is 91.1 Å². The van der Waals surface area contributed by atoms with Crippen LogP contribution in [0.1, 0.15) is 76.8 Å². The van der Waals surface area contributed by atoms with E-state index in [1.165, 1.54) is 0 Å². The Morgan fingerprint density at radius 3 is 2.43 bits per heavy atom. The number of aryl methyl sites for hydroxylation is 2. The number of rotatable bonds is 13. The summed E-state index contributed by atoms with van der Waals surface area (Å²) in [6.45, 7) is 23.1. The van der Waals surface area contributed by atoms with Gasteiger partial charge in [0, 0.05) is 42.4 Å². The Morgan fingerprint density at radius 2 is 1.78 bits per heavy atom. The second kappa shape index (κ2) is 14.6. The van der Waals surface area contributed by atoms with Gasteiger partial charge in [-0.3, -0.25) is 0 Å². The second-order valence-electron chi connectivity index (χ2n) is 14.3. The van der Waals surface area contributed by atoms with Crippen molar-refractivity contribution in [2.75, 3.05) is 24.6 Å². The standard InChI is InChI=1S/C40H50N4O5/c1-10-13-27(4)48-33-17-16-26(3)23-31(33)29-14-12-15-30(24-29)32-25-34-41-28(5)35(36(38(45)46)49-39(6,7)8)37(44(34)42-32)43-20-18-40(9,19-21-43)47-22-11-2/h10-12,14-17,23-25,27,36H,1-2,13,18-22H2,3-9H3,(H,45,46). The summed E-state index contributed by atoms with van der Waals surface area (Å²) in [4.78, 5) is 19.9. The van der Waals surface area contributed by atoms with Crippen molar-refractivity contribution >= 4 is 17.4 Å². The lowest BCUT2D eigenvalue weighted by molar-refractivity contribution is -0.160. The van der Waals surface area contributed by atoms with Gasteiger partial charge in [0.15, 0.2) is 11.8 Å². The van der Waals surface area contributed by atoms with Crippen molar-refractivity contribution in [3.63, 3.8) is 0 Å². The van der Waals surface area contributed by atoms with E-state index in [1.807, 2.05) is 65.0 Å². The molecule has 5 rings (SSSR count). The molecule has 2 unspecified atom stereocenters. The first-order valence-electron chi connectivity index (χ1n) is 17.0. The maximum Gasteiger partial charge on any atom is 0.337 e. The molecule has 3 heterocycles. The Labute approximate surface area is 290 Å². The number of ether oxygens (including phenoxy) is 3. The van der Waals surface area contributed by atoms with Gasteiger partial charge in [-0.05, 0) is 85.1 Å². The Balaban J connectivity index is 1.63. The Hall–Kier alpha value is -4.47. The largest absolute Gasteiger partial charge is 0.490 e. The number of fused-ring (bicyclic) bond motifs is 1. The molecule has 1 aliphatic heterocycles. The quantitative estimate of drug-likeness (QED) is 0.142. The summed E-state index contributed by atoms with van der Waals surface area (Å²) in [5, 5.41) is 15.6. The minimum atomic E-state index is -1.24. The van der Waals surface area contributed by atoms with Crippen LogP contribution in [0.3, 0.4) is 0 Å². The number of carboxylic acids is 1. The van der Waals surface area contributed by atoms with E-state index in [9.17, 15) is 9.90 Å². The molecule has 2 aromatic heterocycles. The highest BCUT2D eigenvalue weighted by Crippen LogP contribution is 2.39. The second-order valence-corrected chi connectivity index (χ2v) is 14.3. The molecule has 1 fully saturated rings. The molecule has 260 valence electrons. The molecule has 9 heteroatoms. The van der Waals surface area contributed by atoms with Crippen LogP contribution in [0.5, 0.6) is 5.75 Å². The Bertz CT molecular complexity index is 1830. The lowest BCUT2D eigenvalue weighted by Crippen LogP contribution is -2.45. The molecule has 0 amide bonds. The van der Waals surface area contributed by atoms with Crippen LogP contribution in [0.15, 0.2) is 73.8 Å². The molecule has 4 aromatic rings. The molecule has 9 nitrogen and oxygen atoms in total. The highest BCUT2D eigenvalue weighted by molar-refractivity contribution is 5.80. The molecule has 0 spiro atoms. The summed E-state index contributed by atoms with van der Waals surface area (Å²) in [7, 11) is 0. The van der Waals surface area contributed by atoms with Crippen LogP contribution in [0, 0.1) is 13.8 Å². The summed E-state index contributed by atoms with van der Waals surface area (Å²) in [5.41, 5.74) is 5.47. The highest BCUT2D eigenvalue weighted by Gasteiger charge is 2.37. The molecular weight excluding hydrogens is 616 g/mol. The fourth-order valence-corrected chi connectivity index (χ4v) is 6.37. The molecule has 0 saturated carbocycles. The molecule has 0 bridgehead atoms. The van der Waals surface area contributed by atoms with Gasteiger partial charge in [0.1, 0.15) is 11.6 Å². The van der Waals surface area contributed by atoms with E-state index in [1.54, 1.807) is 10.6 Å². The summed E-state index contributed by atoms with van der Waals surface area (Å²) in [6.07, 6.45) is 4.63. The molecule has 1 saturated heterocycles. The predicted octanol–water partition coefficient (Wildman–Crippen LogP) is 8.53. The van der Waals surface area contributed by atoms with Gasteiger partial charge >= 0.3 is 5.97 Å². The van der Waals surface area contributed by atoms with E-state index < -0.39 is 17.7 Å². The third kappa shape index (κ3) is 8.23. The minimum absolute atomic E-state index is 0.0133. The summed E-state index contributed by atoms with van der Waals surface area (Å²) in [5.74, 6) is 0.414. The van der Waals surface area contributed by atoms with Crippen LogP contribution in [0.25, 0.3) is 28.0 Å². The van der Waals surface area contributed by atoms with Crippen molar-refractivity contribution in [1.82, 2.24) is 14.6 Å². The van der Waals surface area contributed by atoms with Crippen molar-refractivity contribution < 1.29 is 24.1 Å². The normalized spacial score (nSPS) is 15.9. The number of carbonyl (C=O) groups is 1. The first kappa shape index (κ1) is 35.8. The summed E-state index contributed by atoms with van der Waals surface area (Å²) < 4.78 is 20.5. The smallest absolute Gasteiger partial charge is 0.337 e. The van der Waals surface area contributed by atoms with E-state index in [0.29, 0.717) is 42.4 Å². The first-order chi connectivity index (χ1) is 23.2. The molecular formula is C40H50N4O5. The fraction of sp³-hybridized carbons (Fsp3) is 0.425. The van der Waals surface area contributed by atoms with E-state index in [0.717, 1.165) is 53.0 Å². The van der Waals surface area contributed by atoms with Gasteiger partial charge in [-0.2, -0.15) is 9.61 Å². The number of nitrogens with zero attached hydrogens (tertiary/aromatic N) is 4. The molecule has 2 atom stereocenters. The van der Waals surface area contributed by atoms with Gasteiger partial charge in [-0.15, -0.1) is 13.2 Å². The van der Waals surface area contributed by atoms with E-state index in [4.69, 9.17) is 24.3 Å². The van der Waals surface area contributed by atoms with Gasteiger partial charge in [0.05, 0.1) is 35.2 Å². The zero-order valence-corrected chi connectivity index (χ0v) is 30.0. The monoisotopic (exact) mass is 666 g/mol. The van der Waals surface area contributed by atoms with Gasteiger partial charge in [-0.25, -0.2) is 9.78 Å². The number of aromatic nitrogens is 3. The molecule has 1 N–H and O–H groups in total. The molecule has 0 radical (unpaired) electrons. The average Bonchev–Trinajstić information content (AvgIpc) is 3.47. The van der Waals surface area contributed by atoms with E-state index in [-0.39, 0.29) is 11.7 Å². The van der Waals surface area contributed by atoms with Crippen LogP contribution < -0.4 is 9.64 Å². The lowest BCUT2D eigenvalue weighted by atomic mass is 9.92. The van der Waals surface area contributed by atoms with Gasteiger partial charge < -0.3 is 24.2 Å². The third-order valence-corrected chi connectivity index (χ3v) is 8.86. The maximum absolute atomic E-state index is 12.8. The maximum atomic E-state index is 12.8. The number of hydrogen-bond acceptors (Lipinski definition) is 7. The number of hydrogen-bond donors (Lipinski definition) is 1. The zero-order valence-electron chi connectivity index (χ0n) is 30.0. The zero-order chi connectivity index (χ0) is 35.5. The summed E-state index contributed by atoms with van der Waals surface area (Å²) >= 11 is 0. The van der Waals surface area contributed by atoms with Crippen molar-refractivity contribution in [2.24, 2.45) is 0 Å². The van der Waals surface area contributed by atoms with E-state index >= 15 is 0 Å². The van der Waals surface area contributed by atoms with Gasteiger partial charge in [0.2, 0.25) is 0 Å². The molecule has 2 aromatic carbocycles. The van der Waals surface area contributed by atoms with Crippen molar-refractivity contribution in [3.05, 3.63) is 90.7 Å². The molecule has 0 aliphatic carbocycles. The van der Waals surface area contributed by atoms with Crippen molar-refractivity contribution in [3.8, 4) is 28.1 Å². The average molecular weight is 667 g/mol. The fourth-order valence-electron chi connectivity index (χ4n) is 6.37. The number of carboxylic acid groups (broad SMARTS) is 1.